The number of methoxy groups -OCH3 is 1. The molecule has 1 fully saturated rings. The minimum absolute atomic E-state index is 0.0784. The van der Waals surface area contributed by atoms with Crippen LogP contribution < -0.4 is 9.64 Å². The van der Waals surface area contributed by atoms with E-state index in [0.29, 0.717) is 11.4 Å². The van der Waals surface area contributed by atoms with Gasteiger partial charge in [0.1, 0.15) is 11.8 Å². The maximum absolute atomic E-state index is 12.1. The van der Waals surface area contributed by atoms with Crippen LogP contribution in [0.5, 0.6) is 5.75 Å². The van der Waals surface area contributed by atoms with Gasteiger partial charge in [0, 0.05) is 13.0 Å². The standard InChI is InChI=1S/C15H16N2O4/c1-10(8-16)21-15(19)11-7-14(18)17(9-11)12-5-3-4-6-13(12)20-2/h3-6,10-11H,7,9H2,1-2H3/t10-,11-/m0/s1. The molecule has 1 aliphatic rings. The second kappa shape index (κ2) is 6.27. The van der Waals surface area contributed by atoms with E-state index in [2.05, 4.69) is 0 Å². The number of carbonyl (C=O) groups is 2. The smallest absolute Gasteiger partial charge is 0.312 e. The van der Waals surface area contributed by atoms with E-state index >= 15 is 0 Å². The molecule has 2 atom stereocenters. The first kappa shape index (κ1) is 14.9. The molecule has 0 unspecified atom stereocenters. The monoisotopic (exact) mass is 288 g/mol. The minimum atomic E-state index is -0.812. The number of hydrogen-bond acceptors (Lipinski definition) is 5. The third kappa shape index (κ3) is 3.14. The Morgan fingerprint density at radius 3 is 2.86 bits per heavy atom. The summed E-state index contributed by atoms with van der Waals surface area (Å²) in [5, 5.41) is 8.66. The summed E-state index contributed by atoms with van der Waals surface area (Å²) in [4.78, 5) is 25.5. The summed E-state index contributed by atoms with van der Waals surface area (Å²) in [5.74, 6) is -0.663. The molecule has 0 bridgehead atoms. The van der Waals surface area contributed by atoms with Gasteiger partial charge in [0.15, 0.2) is 6.10 Å². The van der Waals surface area contributed by atoms with Crippen molar-refractivity contribution in [1.29, 1.82) is 5.26 Å². The van der Waals surface area contributed by atoms with Gasteiger partial charge in [0.25, 0.3) is 0 Å². The second-order valence-corrected chi connectivity index (χ2v) is 4.79. The summed E-state index contributed by atoms with van der Waals surface area (Å²) in [6.45, 7) is 1.73. The number of carbonyl (C=O) groups excluding carboxylic acids is 2. The summed E-state index contributed by atoms with van der Waals surface area (Å²) < 4.78 is 10.2. The van der Waals surface area contributed by atoms with E-state index in [4.69, 9.17) is 14.7 Å². The van der Waals surface area contributed by atoms with Crippen LogP contribution in [-0.4, -0.2) is 31.6 Å². The lowest BCUT2D eigenvalue weighted by molar-refractivity contribution is -0.150. The number of nitrogens with zero attached hydrogens (tertiary/aromatic N) is 2. The van der Waals surface area contributed by atoms with Crippen molar-refractivity contribution >= 4 is 17.6 Å². The van der Waals surface area contributed by atoms with Crippen molar-refractivity contribution < 1.29 is 19.1 Å². The molecule has 1 aromatic carbocycles. The maximum atomic E-state index is 12.1. The Kier molecular flexibility index (Phi) is 4.43. The highest BCUT2D eigenvalue weighted by atomic mass is 16.5. The van der Waals surface area contributed by atoms with Crippen LogP contribution in [0.15, 0.2) is 24.3 Å². The van der Waals surface area contributed by atoms with Crippen LogP contribution in [0.4, 0.5) is 5.69 Å². The van der Waals surface area contributed by atoms with Gasteiger partial charge in [-0.3, -0.25) is 9.59 Å². The van der Waals surface area contributed by atoms with Gasteiger partial charge in [0.2, 0.25) is 5.91 Å². The predicted octanol–water partition coefficient (Wildman–Crippen LogP) is 1.50. The summed E-state index contributed by atoms with van der Waals surface area (Å²) in [5.41, 5.74) is 0.633. The first-order valence-electron chi connectivity index (χ1n) is 6.60. The minimum Gasteiger partial charge on any atom is -0.495 e. The summed E-state index contributed by atoms with van der Waals surface area (Å²) in [6, 6.07) is 8.96. The molecule has 1 amide bonds. The topological polar surface area (TPSA) is 79.6 Å². The molecule has 2 rings (SSSR count). The highest BCUT2D eigenvalue weighted by Gasteiger charge is 2.37. The fourth-order valence-electron chi connectivity index (χ4n) is 2.25. The highest BCUT2D eigenvalue weighted by Crippen LogP contribution is 2.33. The van der Waals surface area contributed by atoms with Crippen LogP contribution in [0.3, 0.4) is 0 Å². The molecule has 1 aromatic rings. The van der Waals surface area contributed by atoms with Crippen LogP contribution in [0.25, 0.3) is 0 Å². The third-order valence-corrected chi connectivity index (χ3v) is 3.31. The normalized spacial score (nSPS) is 19.0. The molecule has 0 aliphatic carbocycles. The first-order valence-corrected chi connectivity index (χ1v) is 6.60. The van der Waals surface area contributed by atoms with E-state index < -0.39 is 18.0 Å². The molecule has 110 valence electrons. The van der Waals surface area contributed by atoms with Gasteiger partial charge >= 0.3 is 5.97 Å². The van der Waals surface area contributed by atoms with Crippen LogP contribution in [0, 0.1) is 17.2 Å². The van der Waals surface area contributed by atoms with E-state index in [1.807, 2.05) is 12.1 Å². The molecule has 0 saturated carbocycles. The predicted molar refractivity (Wildman–Crippen MR) is 74.6 cm³/mol. The lowest BCUT2D eigenvalue weighted by Gasteiger charge is -2.19. The quantitative estimate of drug-likeness (QED) is 0.784. The summed E-state index contributed by atoms with van der Waals surface area (Å²) in [6.07, 6.45) is -0.734. The number of esters is 1. The number of anilines is 1. The number of ether oxygens (including phenoxy) is 2. The average molecular weight is 288 g/mol. The molecule has 6 nitrogen and oxygen atoms in total. The molecule has 6 heteroatoms. The van der Waals surface area contributed by atoms with Gasteiger partial charge in [0.05, 0.1) is 18.7 Å². The summed E-state index contributed by atoms with van der Waals surface area (Å²) in [7, 11) is 1.53. The number of hydrogen-bond donors (Lipinski definition) is 0. The number of benzene rings is 1. The lowest BCUT2D eigenvalue weighted by Crippen LogP contribution is -2.27. The zero-order valence-corrected chi connectivity index (χ0v) is 11.9. The molecule has 0 radical (unpaired) electrons. The maximum Gasteiger partial charge on any atom is 0.312 e. The van der Waals surface area contributed by atoms with Crippen molar-refractivity contribution in [3.63, 3.8) is 0 Å². The van der Waals surface area contributed by atoms with Crippen LogP contribution >= 0.6 is 0 Å². The summed E-state index contributed by atoms with van der Waals surface area (Å²) >= 11 is 0. The number of para-hydroxylation sites is 2. The molecule has 0 aromatic heterocycles. The van der Waals surface area contributed by atoms with Crippen LogP contribution in [0.2, 0.25) is 0 Å². The fraction of sp³-hybridized carbons (Fsp3) is 0.400. The molecule has 1 aliphatic heterocycles. The Morgan fingerprint density at radius 2 is 2.19 bits per heavy atom. The van der Waals surface area contributed by atoms with Gasteiger partial charge in [-0.25, -0.2) is 0 Å². The number of rotatable bonds is 4. The van der Waals surface area contributed by atoms with Crippen molar-refractivity contribution in [2.45, 2.75) is 19.4 Å². The molecular formula is C15H16N2O4. The Hall–Kier alpha value is -2.55. The zero-order chi connectivity index (χ0) is 15.4. The van der Waals surface area contributed by atoms with E-state index in [1.54, 1.807) is 18.2 Å². The fourth-order valence-corrected chi connectivity index (χ4v) is 2.25. The van der Waals surface area contributed by atoms with E-state index in [0.717, 1.165) is 0 Å². The number of nitriles is 1. The molecule has 0 N–H and O–H groups in total. The van der Waals surface area contributed by atoms with Gasteiger partial charge < -0.3 is 14.4 Å². The molecule has 21 heavy (non-hydrogen) atoms. The van der Waals surface area contributed by atoms with Crippen LogP contribution in [-0.2, 0) is 14.3 Å². The zero-order valence-electron chi connectivity index (χ0n) is 11.9. The highest BCUT2D eigenvalue weighted by molar-refractivity contribution is 6.00. The van der Waals surface area contributed by atoms with Crippen molar-refractivity contribution in [2.75, 3.05) is 18.6 Å². The van der Waals surface area contributed by atoms with Crippen molar-refractivity contribution in [3.05, 3.63) is 24.3 Å². The Balaban J connectivity index is 2.13. The molecule has 0 spiro atoms. The van der Waals surface area contributed by atoms with Gasteiger partial charge in [-0.15, -0.1) is 0 Å². The van der Waals surface area contributed by atoms with Gasteiger partial charge in [-0.2, -0.15) is 5.26 Å². The Morgan fingerprint density at radius 1 is 1.48 bits per heavy atom. The Labute approximate surface area is 122 Å². The molecule has 1 heterocycles. The molecular weight excluding hydrogens is 272 g/mol. The number of amides is 1. The second-order valence-electron chi connectivity index (χ2n) is 4.79. The van der Waals surface area contributed by atoms with Gasteiger partial charge in [-0.1, -0.05) is 12.1 Å². The van der Waals surface area contributed by atoms with Crippen molar-refractivity contribution in [2.24, 2.45) is 5.92 Å². The van der Waals surface area contributed by atoms with E-state index in [9.17, 15) is 9.59 Å². The SMILES string of the molecule is COc1ccccc1N1C[C@@H](C(=O)O[C@@H](C)C#N)CC1=O. The molecule has 1 saturated heterocycles. The van der Waals surface area contributed by atoms with E-state index in [1.165, 1.54) is 18.9 Å². The lowest BCUT2D eigenvalue weighted by atomic mass is 10.1. The van der Waals surface area contributed by atoms with Crippen molar-refractivity contribution in [3.8, 4) is 11.8 Å². The van der Waals surface area contributed by atoms with Gasteiger partial charge in [-0.05, 0) is 19.1 Å². The van der Waals surface area contributed by atoms with Crippen LogP contribution in [0.1, 0.15) is 13.3 Å². The average Bonchev–Trinajstić information content (AvgIpc) is 2.89. The third-order valence-electron chi connectivity index (χ3n) is 3.31. The first-order chi connectivity index (χ1) is 10.1. The van der Waals surface area contributed by atoms with Crippen molar-refractivity contribution in [1.82, 2.24) is 0 Å². The Bertz CT molecular complexity index is 594. The van der Waals surface area contributed by atoms with E-state index in [-0.39, 0.29) is 18.9 Å². The largest absolute Gasteiger partial charge is 0.495 e.